The van der Waals surface area contributed by atoms with E-state index < -0.39 is 0 Å². The highest BCUT2D eigenvalue weighted by Crippen LogP contribution is 2.10. The van der Waals surface area contributed by atoms with E-state index in [1.807, 2.05) is 19.4 Å². The van der Waals surface area contributed by atoms with Crippen LogP contribution < -0.4 is 16.7 Å². The summed E-state index contributed by atoms with van der Waals surface area (Å²) in [5.74, 6) is 0. The second-order valence-electron chi connectivity index (χ2n) is 2.43. The molecule has 0 aromatic rings. The summed E-state index contributed by atoms with van der Waals surface area (Å²) in [7, 11) is 0. The first-order chi connectivity index (χ1) is 4.74. The van der Waals surface area contributed by atoms with Gasteiger partial charge >= 0.3 is 0 Å². The van der Waals surface area contributed by atoms with Crippen LogP contribution in [0.3, 0.4) is 0 Å². The Morgan fingerprint density at radius 1 is 1.40 bits per heavy atom. The molecule has 0 aliphatic rings. The maximum Gasteiger partial charge on any atom is 0.0462 e. The highest BCUT2D eigenvalue weighted by atomic mass is 16.5. The molecule has 0 aromatic carbocycles. The summed E-state index contributed by atoms with van der Waals surface area (Å²) in [5.41, 5.74) is 10.0. The van der Waals surface area contributed by atoms with Gasteiger partial charge in [0.1, 0.15) is 0 Å². The van der Waals surface area contributed by atoms with Crippen LogP contribution in [0.1, 0.15) is 26.7 Å². The minimum absolute atomic E-state index is 0.158. The zero-order valence-corrected chi connectivity index (χ0v) is 6.65. The molecule has 0 fully saturated rings. The third-order valence-electron chi connectivity index (χ3n) is 2.07. The molecule has 0 rings (SSSR count). The van der Waals surface area contributed by atoms with E-state index in [0.717, 1.165) is 12.8 Å². The molecule has 10 heavy (non-hydrogen) atoms. The molecule has 0 saturated carbocycles. The van der Waals surface area contributed by atoms with Gasteiger partial charge in [0.05, 0.1) is 0 Å². The van der Waals surface area contributed by atoms with Gasteiger partial charge in [-0.1, -0.05) is 13.8 Å². The molecule has 0 amide bonds. The van der Waals surface area contributed by atoms with Crippen LogP contribution in [0.5, 0.6) is 0 Å². The predicted molar refractivity (Wildman–Crippen MR) is 40.4 cm³/mol. The Morgan fingerprint density at radius 3 is 2.00 bits per heavy atom. The number of nitrogens with one attached hydrogen (secondary N) is 2. The molecule has 4 heteroatoms. The summed E-state index contributed by atoms with van der Waals surface area (Å²) in [6.07, 6.45) is 1.79. The Bertz CT molecular complexity index is 74.8. The van der Waals surface area contributed by atoms with Crippen LogP contribution in [0.25, 0.3) is 0 Å². The summed E-state index contributed by atoms with van der Waals surface area (Å²) in [4.78, 5) is 0. The second kappa shape index (κ2) is 4.62. The lowest BCUT2D eigenvalue weighted by atomic mass is 9.94. The molecule has 0 unspecified atom stereocenters. The van der Waals surface area contributed by atoms with Crippen molar-refractivity contribution in [1.82, 2.24) is 11.0 Å². The number of hydrazine groups is 1. The molecule has 5 N–H and O–H groups in total. The van der Waals surface area contributed by atoms with Gasteiger partial charge in [0.2, 0.25) is 0 Å². The first-order valence-electron chi connectivity index (χ1n) is 3.61. The fourth-order valence-corrected chi connectivity index (χ4v) is 0.885. The fourth-order valence-electron chi connectivity index (χ4n) is 0.885. The van der Waals surface area contributed by atoms with Crippen LogP contribution in [-0.4, -0.2) is 17.3 Å². The highest BCUT2D eigenvalue weighted by Gasteiger charge is 2.22. The van der Waals surface area contributed by atoms with Crippen molar-refractivity contribution in [1.29, 1.82) is 0 Å². The van der Waals surface area contributed by atoms with Crippen LogP contribution in [0.4, 0.5) is 0 Å². The molecule has 0 aromatic heterocycles. The SMILES string of the molecule is CCC(CC)(CN)NNO. The summed E-state index contributed by atoms with van der Waals surface area (Å²) in [6.45, 7) is 4.58. The summed E-state index contributed by atoms with van der Waals surface area (Å²) >= 11 is 0. The van der Waals surface area contributed by atoms with Crippen molar-refractivity contribution in [2.24, 2.45) is 5.73 Å². The quantitative estimate of drug-likeness (QED) is 0.413. The number of hydrogen-bond donors (Lipinski definition) is 4. The van der Waals surface area contributed by atoms with E-state index >= 15 is 0 Å². The van der Waals surface area contributed by atoms with Crippen LogP contribution in [0, 0.1) is 0 Å². The number of nitrogens with two attached hydrogens (primary N) is 1. The van der Waals surface area contributed by atoms with E-state index in [-0.39, 0.29) is 5.54 Å². The Morgan fingerprint density at radius 2 is 1.90 bits per heavy atom. The van der Waals surface area contributed by atoms with Crippen LogP contribution in [0.15, 0.2) is 0 Å². The molecule has 4 nitrogen and oxygen atoms in total. The molecule has 0 aliphatic carbocycles. The normalized spacial score (nSPS) is 12.0. The number of hydrogen-bond acceptors (Lipinski definition) is 4. The zero-order chi connectivity index (χ0) is 8.04. The molecule has 0 radical (unpaired) electrons. The maximum absolute atomic E-state index is 8.38. The van der Waals surface area contributed by atoms with E-state index in [9.17, 15) is 0 Å². The smallest absolute Gasteiger partial charge is 0.0462 e. The molecular weight excluding hydrogens is 130 g/mol. The standard InChI is InChI=1S/C6H17N3O/c1-3-6(4-2,5-7)8-9-10/h8-10H,3-5,7H2,1-2H3. The van der Waals surface area contributed by atoms with Gasteiger partial charge in [-0.05, 0) is 12.8 Å². The molecule has 0 aliphatic heterocycles. The first kappa shape index (κ1) is 9.84. The summed E-state index contributed by atoms with van der Waals surface area (Å²) in [6, 6.07) is 0. The Labute approximate surface area is 61.7 Å². The van der Waals surface area contributed by atoms with Crippen molar-refractivity contribution in [3.8, 4) is 0 Å². The largest absolute Gasteiger partial charge is 0.329 e. The lowest BCUT2D eigenvalue weighted by Crippen LogP contribution is -2.55. The Kier molecular flexibility index (Phi) is 4.55. The molecule has 62 valence electrons. The van der Waals surface area contributed by atoms with Gasteiger partial charge in [-0.2, -0.15) is 0 Å². The van der Waals surface area contributed by atoms with Crippen molar-refractivity contribution < 1.29 is 5.21 Å². The maximum atomic E-state index is 8.38. The third kappa shape index (κ3) is 2.22. The van der Waals surface area contributed by atoms with Gasteiger partial charge in [-0.25, -0.2) is 5.43 Å². The lowest BCUT2D eigenvalue weighted by molar-refractivity contribution is 0.0704. The molecule has 0 atom stereocenters. The number of rotatable bonds is 5. The lowest BCUT2D eigenvalue weighted by Gasteiger charge is -2.29. The average Bonchev–Trinajstić information content (AvgIpc) is 2.01. The van der Waals surface area contributed by atoms with Crippen molar-refractivity contribution in [3.05, 3.63) is 0 Å². The van der Waals surface area contributed by atoms with Crippen LogP contribution in [0.2, 0.25) is 0 Å². The van der Waals surface area contributed by atoms with Crippen molar-refractivity contribution >= 4 is 0 Å². The van der Waals surface area contributed by atoms with E-state index in [0.29, 0.717) is 6.54 Å². The Balaban J connectivity index is 3.87. The zero-order valence-electron chi connectivity index (χ0n) is 6.65. The monoisotopic (exact) mass is 147 g/mol. The topological polar surface area (TPSA) is 70.3 Å². The first-order valence-corrected chi connectivity index (χ1v) is 3.61. The van der Waals surface area contributed by atoms with E-state index in [4.69, 9.17) is 10.9 Å². The van der Waals surface area contributed by atoms with Gasteiger partial charge in [0.25, 0.3) is 0 Å². The highest BCUT2D eigenvalue weighted by molar-refractivity contribution is 4.83. The van der Waals surface area contributed by atoms with E-state index in [1.54, 1.807) is 0 Å². The van der Waals surface area contributed by atoms with Gasteiger partial charge < -0.3 is 10.9 Å². The summed E-state index contributed by atoms with van der Waals surface area (Å²) in [5, 5.41) is 8.38. The van der Waals surface area contributed by atoms with Crippen molar-refractivity contribution in [2.75, 3.05) is 6.54 Å². The van der Waals surface area contributed by atoms with E-state index in [2.05, 4.69) is 5.43 Å². The average molecular weight is 147 g/mol. The fraction of sp³-hybridized carbons (Fsp3) is 1.00. The van der Waals surface area contributed by atoms with Gasteiger partial charge in [0.15, 0.2) is 0 Å². The van der Waals surface area contributed by atoms with Crippen molar-refractivity contribution in [3.63, 3.8) is 0 Å². The van der Waals surface area contributed by atoms with Crippen LogP contribution in [-0.2, 0) is 0 Å². The summed E-state index contributed by atoms with van der Waals surface area (Å²) < 4.78 is 0. The van der Waals surface area contributed by atoms with Gasteiger partial charge in [0, 0.05) is 12.1 Å². The minimum atomic E-state index is -0.158. The predicted octanol–water partition coefficient (Wildman–Crippen LogP) is -0.0127. The third-order valence-corrected chi connectivity index (χ3v) is 2.07. The molecular formula is C6H17N3O. The van der Waals surface area contributed by atoms with Gasteiger partial charge in [-0.15, -0.1) is 5.59 Å². The van der Waals surface area contributed by atoms with E-state index in [1.165, 1.54) is 0 Å². The minimum Gasteiger partial charge on any atom is -0.329 e. The Hall–Kier alpha value is -0.160. The molecule has 0 heterocycles. The van der Waals surface area contributed by atoms with Gasteiger partial charge in [-0.3, -0.25) is 0 Å². The van der Waals surface area contributed by atoms with Crippen molar-refractivity contribution in [2.45, 2.75) is 32.2 Å². The molecule has 0 saturated heterocycles. The van der Waals surface area contributed by atoms with Crippen LogP contribution >= 0.6 is 0 Å². The molecule has 0 spiro atoms. The molecule has 0 bridgehead atoms. The second-order valence-corrected chi connectivity index (χ2v) is 2.43.